The van der Waals surface area contributed by atoms with E-state index in [1.165, 1.54) is 0 Å². The quantitative estimate of drug-likeness (QED) is 0.834. The van der Waals surface area contributed by atoms with E-state index in [9.17, 15) is 0 Å². The molecule has 0 atom stereocenters. The Labute approximate surface area is 124 Å². The summed E-state index contributed by atoms with van der Waals surface area (Å²) in [4.78, 5) is 4.35. The van der Waals surface area contributed by atoms with Crippen LogP contribution in [0.4, 0.5) is 11.6 Å². The second-order valence-electron chi connectivity index (χ2n) is 4.55. The molecule has 3 nitrogen and oxygen atoms in total. The minimum atomic E-state index is 0.589. The van der Waals surface area contributed by atoms with E-state index in [0.29, 0.717) is 5.92 Å². The van der Waals surface area contributed by atoms with Crippen molar-refractivity contribution in [2.75, 3.05) is 5.32 Å². The Balaban J connectivity index is 2.23. The minimum Gasteiger partial charge on any atom is -0.325 e. The summed E-state index contributed by atoms with van der Waals surface area (Å²) >= 11 is 7.00. The largest absolute Gasteiger partial charge is 0.325 e. The fourth-order valence-corrected chi connectivity index (χ4v) is 2.39. The van der Waals surface area contributed by atoms with E-state index in [2.05, 4.69) is 60.6 Å². The van der Waals surface area contributed by atoms with Gasteiger partial charge in [0.2, 0.25) is 5.95 Å². The van der Waals surface area contributed by atoms with Crippen LogP contribution in [-0.2, 0) is 6.54 Å². The first kappa shape index (κ1) is 13.6. The average Bonchev–Trinajstić information content (AvgIpc) is 2.70. The fourth-order valence-electron chi connectivity index (χ4n) is 1.69. The van der Waals surface area contributed by atoms with E-state index in [1.54, 1.807) is 0 Å². The summed E-state index contributed by atoms with van der Waals surface area (Å²) in [6.45, 7) is 5.34. The average molecular weight is 373 g/mol. The number of hydrogen-bond acceptors (Lipinski definition) is 2. The van der Waals surface area contributed by atoms with Crippen LogP contribution in [0.25, 0.3) is 0 Å². The van der Waals surface area contributed by atoms with E-state index >= 15 is 0 Å². The molecule has 1 aromatic heterocycles. The lowest BCUT2D eigenvalue weighted by molar-refractivity contribution is 0.527. The Morgan fingerprint density at radius 2 is 2.11 bits per heavy atom. The lowest BCUT2D eigenvalue weighted by atomic mass is 10.2. The number of halogens is 2. The zero-order valence-corrected chi connectivity index (χ0v) is 13.5. The number of aromatic nitrogens is 2. The van der Waals surface area contributed by atoms with Gasteiger partial charge in [-0.15, -0.1) is 0 Å². The summed E-state index contributed by atoms with van der Waals surface area (Å²) in [7, 11) is 0. The van der Waals surface area contributed by atoms with E-state index < -0.39 is 0 Å². The maximum Gasteiger partial charge on any atom is 0.207 e. The van der Waals surface area contributed by atoms with E-state index in [0.717, 1.165) is 27.1 Å². The van der Waals surface area contributed by atoms with Gasteiger partial charge in [0.15, 0.2) is 0 Å². The number of hydrogen-bond donors (Lipinski definition) is 1. The van der Waals surface area contributed by atoms with Gasteiger partial charge in [0, 0.05) is 27.9 Å². The van der Waals surface area contributed by atoms with Crippen LogP contribution in [-0.4, -0.2) is 9.55 Å². The van der Waals surface area contributed by atoms with Crippen molar-refractivity contribution in [3.8, 4) is 0 Å². The predicted molar refractivity (Wildman–Crippen MR) is 82.2 cm³/mol. The molecule has 0 fully saturated rings. The normalized spacial score (nSPS) is 10.9. The molecule has 0 radical (unpaired) electrons. The van der Waals surface area contributed by atoms with Gasteiger partial charge in [-0.2, -0.15) is 0 Å². The molecule has 0 spiro atoms. The summed E-state index contributed by atoms with van der Waals surface area (Å²) in [6.07, 6.45) is 3.81. The molecule has 0 saturated carbocycles. The fraction of sp³-hybridized carbons (Fsp3) is 0.308. The topological polar surface area (TPSA) is 29.9 Å². The molecule has 1 aromatic carbocycles. The summed E-state index contributed by atoms with van der Waals surface area (Å²) in [6, 6.07) is 6.02. The monoisotopic (exact) mass is 371 g/mol. The molecule has 18 heavy (non-hydrogen) atoms. The molecule has 0 aliphatic heterocycles. The van der Waals surface area contributed by atoms with Gasteiger partial charge in [-0.05, 0) is 40.0 Å². The molecule has 0 amide bonds. The van der Waals surface area contributed by atoms with Gasteiger partial charge < -0.3 is 9.88 Å². The van der Waals surface area contributed by atoms with Gasteiger partial charge in [-0.3, -0.25) is 0 Å². The van der Waals surface area contributed by atoms with Crippen molar-refractivity contribution < 1.29 is 0 Å². The van der Waals surface area contributed by atoms with Crippen molar-refractivity contribution in [1.29, 1.82) is 0 Å². The van der Waals surface area contributed by atoms with Crippen LogP contribution in [0.5, 0.6) is 0 Å². The van der Waals surface area contributed by atoms with Crippen molar-refractivity contribution in [3.05, 3.63) is 39.5 Å². The van der Waals surface area contributed by atoms with Crippen LogP contribution in [0.3, 0.4) is 0 Å². The highest BCUT2D eigenvalue weighted by Gasteiger charge is 2.07. The molecule has 1 N–H and O–H groups in total. The number of imidazole rings is 1. The first-order chi connectivity index (χ1) is 8.56. The molecule has 0 saturated heterocycles. The maximum atomic E-state index is 4.35. The highest BCUT2D eigenvalue weighted by Crippen LogP contribution is 2.28. The molecule has 2 rings (SSSR count). The van der Waals surface area contributed by atoms with Crippen molar-refractivity contribution >= 4 is 43.5 Å². The molecule has 0 bridgehead atoms. The predicted octanol–water partition coefficient (Wildman–Crippen LogP) is 4.81. The number of rotatable bonds is 4. The Hall–Kier alpha value is -0.810. The number of benzene rings is 1. The van der Waals surface area contributed by atoms with E-state index in [-0.39, 0.29) is 0 Å². The summed E-state index contributed by atoms with van der Waals surface area (Å²) in [5.74, 6) is 1.45. The molecular weight excluding hydrogens is 358 g/mol. The SMILES string of the molecule is CC(C)Cn1ccnc1Nc1cc(Br)ccc1Br. The highest BCUT2D eigenvalue weighted by molar-refractivity contribution is 9.11. The molecule has 0 unspecified atom stereocenters. The van der Waals surface area contributed by atoms with E-state index in [1.807, 2.05) is 30.6 Å². The highest BCUT2D eigenvalue weighted by atomic mass is 79.9. The zero-order chi connectivity index (χ0) is 13.1. The van der Waals surface area contributed by atoms with Crippen molar-refractivity contribution in [1.82, 2.24) is 9.55 Å². The van der Waals surface area contributed by atoms with E-state index in [4.69, 9.17) is 0 Å². The third kappa shape index (κ3) is 3.36. The first-order valence-corrected chi connectivity index (χ1v) is 7.38. The van der Waals surface area contributed by atoms with Gasteiger partial charge in [0.05, 0.1) is 5.69 Å². The zero-order valence-electron chi connectivity index (χ0n) is 10.3. The van der Waals surface area contributed by atoms with Gasteiger partial charge in [0.1, 0.15) is 0 Å². The molecule has 96 valence electrons. The van der Waals surface area contributed by atoms with Crippen LogP contribution in [0.1, 0.15) is 13.8 Å². The molecule has 2 aromatic rings. The van der Waals surface area contributed by atoms with Gasteiger partial charge in [-0.25, -0.2) is 4.98 Å². The van der Waals surface area contributed by atoms with Gasteiger partial charge in [0.25, 0.3) is 0 Å². The third-order valence-corrected chi connectivity index (χ3v) is 3.64. The lowest BCUT2D eigenvalue weighted by Gasteiger charge is -2.13. The standard InChI is InChI=1S/C13H15Br2N3/c1-9(2)8-18-6-5-16-13(18)17-12-7-10(14)3-4-11(12)15/h3-7,9H,8H2,1-2H3,(H,16,17). The van der Waals surface area contributed by atoms with Crippen molar-refractivity contribution in [2.24, 2.45) is 5.92 Å². The second kappa shape index (κ2) is 5.89. The Bertz CT molecular complexity index is 535. The van der Waals surface area contributed by atoms with Crippen LogP contribution in [0, 0.1) is 5.92 Å². The molecule has 0 aliphatic rings. The number of anilines is 2. The van der Waals surface area contributed by atoms with Crippen molar-refractivity contribution in [2.45, 2.75) is 20.4 Å². The number of nitrogens with one attached hydrogen (secondary N) is 1. The lowest BCUT2D eigenvalue weighted by Crippen LogP contribution is -2.07. The van der Waals surface area contributed by atoms with Crippen LogP contribution in [0.2, 0.25) is 0 Å². The van der Waals surface area contributed by atoms with Crippen LogP contribution < -0.4 is 5.32 Å². The van der Waals surface area contributed by atoms with Gasteiger partial charge >= 0.3 is 0 Å². The Morgan fingerprint density at radius 3 is 2.83 bits per heavy atom. The Kier molecular flexibility index (Phi) is 4.45. The molecule has 1 heterocycles. The van der Waals surface area contributed by atoms with Crippen LogP contribution in [0.15, 0.2) is 39.5 Å². The molecule has 5 heteroatoms. The summed E-state index contributed by atoms with van der Waals surface area (Å²) in [5, 5.41) is 3.34. The Morgan fingerprint density at radius 1 is 1.33 bits per heavy atom. The smallest absolute Gasteiger partial charge is 0.207 e. The molecular formula is C13H15Br2N3. The maximum absolute atomic E-state index is 4.35. The van der Waals surface area contributed by atoms with Crippen molar-refractivity contribution in [3.63, 3.8) is 0 Å². The third-order valence-electron chi connectivity index (χ3n) is 2.45. The second-order valence-corrected chi connectivity index (χ2v) is 6.32. The minimum absolute atomic E-state index is 0.589. The summed E-state index contributed by atoms with van der Waals surface area (Å²) in [5.41, 5.74) is 1.00. The van der Waals surface area contributed by atoms with Crippen LogP contribution >= 0.6 is 31.9 Å². The molecule has 0 aliphatic carbocycles. The summed E-state index contributed by atoms with van der Waals surface area (Å²) < 4.78 is 4.18. The number of nitrogens with zero attached hydrogens (tertiary/aromatic N) is 2. The van der Waals surface area contributed by atoms with Gasteiger partial charge in [-0.1, -0.05) is 29.8 Å². The first-order valence-electron chi connectivity index (χ1n) is 5.79.